The van der Waals surface area contributed by atoms with Crippen LogP contribution >= 0.6 is 31.9 Å². The highest BCUT2D eigenvalue weighted by atomic mass is 79.9. The topological polar surface area (TPSA) is 52.6 Å². The fourth-order valence-electron chi connectivity index (χ4n) is 3.13. The van der Waals surface area contributed by atoms with Crippen molar-refractivity contribution in [1.82, 2.24) is 4.90 Å². The van der Waals surface area contributed by atoms with Crippen molar-refractivity contribution in [3.63, 3.8) is 0 Å². The number of hydrogen-bond donors (Lipinski definition) is 2. The lowest BCUT2D eigenvalue weighted by atomic mass is 9.87. The Morgan fingerprint density at radius 1 is 1.12 bits per heavy atom. The molecule has 2 amide bonds. The average molecular weight is 468 g/mol. The Balaban J connectivity index is 1.56. The number of carbonyl (C=O) groups is 1. The third kappa shape index (κ3) is 4.63. The number of aliphatic hydroxyl groups excluding tert-OH is 1. The normalized spacial score (nSPS) is 16.5. The number of nitrogens with zero attached hydrogens (tertiary/aromatic N) is 1. The van der Waals surface area contributed by atoms with Crippen molar-refractivity contribution in [3.8, 4) is 0 Å². The Labute approximate surface area is 164 Å². The van der Waals surface area contributed by atoms with Gasteiger partial charge in [-0.25, -0.2) is 4.79 Å². The van der Waals surface area contributed by atoms with Crippen LogP contribution in [0.2, 0.25) is 0 Å². The number of piperidine rings is 1. The Kier molecular flexibility index (Phi) is 6.15. The maximum Gasteiger partial charge on any atom is 0.321 e. The molecule has 1 atom stereocenters. The highest BCUT2D eigenvalue weighted by Gasteiger charge is 2.28. The number of hydrogen-bond acceptors (Lipinski definition) is 2. The van der Waals surface area contributed by atoms with E-state index in [9.17, 15) is 9.90 Å². The number of likely N-dealkylation sites (tertiary alicyclic amines) is 1. The highest BCUT2D eigenvalue weighted by Crippen LogP contribution is 2.31. The van der Waals surface area contributed by atoms with Crippen LogP contribution in [0.4, 0.5) is 10.5 Å². The van der Waals surface area contributed by atoms with Crippen LogP contribution in [0.15, 0.2) is 57.5 Å². The number of urea groups is 1. The summed E-state index contributed by atoms with van der Waals surface area (Å²) in [6, 6.07) is 15.3. The van der Waals surface area contributed by atoms with Gasteiger partial charge in [0, 0.05) is 22.0 Å². The molecule has 1 saturated heterocycles. The number of amides is 2. The van der Waals surface area contributed by atoms with Gasteiger partial charge < -0.3 is 15.3 Å². The highest BCUT2D eigenvalue weighted by molar-refractivity contribution is 9.11. The molecule has 6 heteroatoms. The van der Waals surface area contributed by atoms with E-state index in [2.05, 4.69) is 37.2 Å². The van der Waals surface area contributed by atoms with E-state index < -0.39 is 6.10 Å². The SMILES string of the molecule is O=C(Nc1cc(Br)ccc1Br)N1CCC(C(O)c2ccccc2)CC1. The Bertz CT molecular complexity index is 731. The molecule has 1 fully saturated rings. The Morgan fingerprint density at radius 3 is 2.48 bits per heavy atom. The van der Waals surface area contributed by atoms with Crippen molar-refractivity contribution in [2.24, 2.45) is 5.92 Å². The summed E-state index contributed by atoms with van der Waals surface area (Å²) in [7, 11) is 0. The lowest BCUT2D eigenvalue weighted by molar-refractivity contribution is 0.0683. The molecule has 0 radical (unpaired) electrons. The molecule has 0 spiro atoms. The van der Waals surface area contributed by atoms with Gasteiger partial charge in [-0.05, 0) is 58.5 Å². The number of nitrogens with one attached hydrogen (secondary N) is 1. The van der Waals surface area contributed by atoms with Crippen molar-refractivity contribution < 1.29 is 9.90 Å². The predicted molar refractivity (Wildman–Crippen MR) is 107 cm³/mol. The molecule has 1 unspecified atom stereocenters. The molecular formula is C19H20Br2N2O2. The minimum Gasteiger partial charge on any atom is -0.388 e. The largest absolute Gasteiger partial charge is 0.388 e. The average Bonchev–Trinajstić information content (AvgIpc) is 2.65. The molecule has 3 rings (SSSR count). The number of halogens is 2. The van der Waals surface area contributed by atoms with Crippen molar-refractivity contribution >= 4 is 43.6 Å². The van der Waals surface area contributed by atoms with Crippen LogP contribution in [0.1, 0.15) is 24.5 Å². The molecule has 0 aliphatic carbocycles. The molecule has 1 aliphatic rings. The first kappa shape index (κ1) is 18.4. The standard InChI is InChI=1S/C19H20Br2N2O2/c20-15-6-7-16(21)17(12-15)22-19(25)23-10-8-14(9-11-23)18(24)13-4-2-1-3-5-13/h1-7,12,14,18,24H,8-11H2,(H,22,25). The van der Waals surface area contributed by atoms with Crippen molar-refractivity contribution in [2.45, 2.75) is 18.9 Å². The first-order chi connectivity index (χ1) is 12.0. The summed E-state index contributed by atoms with van der Waals surface area (Å²) in [6.45, 7) is 1.29. The van der Waals surface area contributed by atoms with Crippen LogP contribution in [0, 0.1) is 5.92 Å². The van der Waals surface area contributed by atoms with E-state index in [-0.39, 0.29) is 11.9 Å². The van der Waals surface area contributed by atoms with Gasteiger partial charge >= 0.3 is 6.03 Å². The molecule has 2 aromatic carbocycles. The summed E-state index contributed by atoms with van der Waals surface area (Å²) in [4.78, 5) is 14.3. The molecule has 2 aromatic rings. The third-order valence-electron chi connectivity index (χ3n) is 4.58. The molecule has 2 N–H and O–H groups in total. The first-order valence-corrected chi connectivity index (χ1v) is 9.87. The van der Waals surface area contributed by atoms with Crippen LogP contribution < -0.4 is 5.32 Å². The fourth-order valence-corrected chi connectivity index (χ4v) is 3.84. The van der Waals surface area contributed by atoms with Crippen LogP contribution in [0.25, 0.3) is 0 Å². The van der Waals surface area contributed by atoms with E-state index in [1.165, 1.54) is 0 Å². The van der Waals surface area contributed by atoms with Gasteiger partial charge in [-0.15, -0.1) is 0 Å². The maximum absolute atomic E-state index is 12.5. The van der Waals surface area contributed by atoms with Gasteiger partial charge in [0.1, 0.15) is 0 Å². The third-order valence-corrected chi connectivity index (χ3v) is 5.77. The first-order valence-electron chi connectivity index (χ1n) is 8.28. The van der Waals surface area contributed by atoms with Gasteiger partial charge in [-0.2, -0.15) is 0 Å². The number of aliphatic hydroxyl groups is 1. The summed E-state index contributed by atoms with van der Waals surface area (Å²) in [5.41, 5.74) is 1.69. The van der Waals surface area contributed by atoms with Crippen LogP contribution in [-0.4, -0.2) is 29.1 Å². The van der Waals surface area contributed by atoms with Gasteiger partial charge in [0.05, 0.1) is 11.8 Å². The van der Waals surface area contributed by atoms with E-state index >= 15 is 0 Å². The molecule has 0 aromatic heterocycles. The summed E-state index contributed by atoms with van der Waals surface area (Å²) in [5.74, 6) is 0.184. The second-order valence-electron chi connectivity index (χ2n) is 6.23. The zero-order chi connectivity index (χ0) is 17.8. The number of anilines is 1. The predicted octanol–water partition coefficient (Wildman–Crippen LogP) is 5.19. The number of rotatable bonds is 3. The summed E-state index contributed by atoms with van der Waals surface area (Å²) < 4.78 is 1.76. The molecular weight excluding hydrogens is 448 g/mol. The second-order valence-corrected chi connectivity index (χ2v) is 8.00. The van der Waals surface area contributed by atoms with Crippen molar-refractivity contribution in [3.05, 3.63) is 63.0 Å². The minimum absolute atomic E-state index is 0.105. The lowest BCUT2D eigenvalue weighted by Crippen LogP contribution is -2.42. The van der Waals surface area contributed by atoms with Gasteiger partial charge in [-0.3, -0.25) is 0 Å². The number of benzene rings is 2. The Hall–Kier alpha value is -1.37. The molecule has 25 heavy (non-hydrogen) atoms. The van der Waals surface area contributed by atoms with Crippen LogP contribution in [-0.2, 0) is 0 Å². The monoisotopic (exact) mass is 466 g/mol. The van der Waals surface area contributed by atoms with Crippen LogP contribution in [0.3, 0.4) is 0 Å². The van der Waals surface area contributed by atoms with E-state index in [4.69, 9.17) is 0 Å². The Morgan fingerprint density at radius 2 is 1.80 bits per heavy atom. The molecule has 0 saturated carbocycles. The quantitative estimate of drug-likeness (QED) is 0.652. The molecule has 4 nitrogen and oxygen atoms in total. The summed E-state index contributed by atoms with van der Waals surface area (Å²) >= 11 is 6.87. The van der Waals surface area contributed by atoms with Crippen LogP contribution in [0.5, 0.6) is 0 Å². The molecule has 132 valence electrons. The zero-order valence-corrected chi connectivity index (χ0v) is 16.8. The number of carbonyl (C=O) groups excluding carboxylic acids is 1. The van der Waals surface area contributed by atoms with E-state index in [1.807, 2.05) is 53.4 Å². The summed E-state index contributed by atoms with van der Waals surface area (Å²) in [6.07, 6.45) is 1.12. The van der Waals surface area contributed by atoms with Crippen molar-refractivity contribution in [2.75, 3.05) is 18.4 Å². The van der Waals surface area contributed by atoms with E-state index in [0.29, 0.717) is 13.1 Å². The van der Waals surface area contributed by atoms with Crippen molar-refractivity contribution in [1.29, 1.82) is 0 Å². The van der Waals surface area contributed by atoms with E-state index in [1.54, 1.807) is 0 Å². The van der Waals surface area contributed by atoms with Gasteiger partial charge in [0.25, 0.3) is 0 Å². The lowest BCUT2D eigenvalue weighted by Gasteiger charge is -2.34. The van der Waals surface area contributed by atoms with E-state index in [0.717, 1.165) is 33.0 Å². The zero-order valence-electron chi connectivity index (χ0n) is 13.7. The molecule has 1 heterocycles. The fraction of sp³-hybridized carbons (Fsp3) is 0.316. The van der Waals surface area contributed by atoms with Gasteiger partial charge in [0.15, 0.2) is 0 Å². The smallest absolute Gasteiger partial charge is 0.321 e. The molecule has 0 bridgehead atoms. The summed E-state index contributed by atoms with van der Waals surface area (Å²) in [5, 5.41) is 13.5. The van der Waals surface area contributed by atoms with Gasteiger partial charge in [-0.1, -0.05) is 46.3 Å². The van der Waals surface area contributed by atoms with Gasteiger partial charge in [0.2, 0.25) is 0 Å². The molecule has 1 aliphatic heterocycles. The minimum atomic E-state index is -0.467. The maximum atomic E-state index is 12.5. The second kappa shape index (κ2) is 8.34.